The van der Waals surface area contributed by atoms with Gasteiger partial charge >= 0.3 is 0 Å². The van der Waals surface area contributed by atoms with Gasteiger partial charge < -0.3 is 19.3 Å². The van der Waals surface area contributed by atoms with Crippen molar-refractivity contribution in [3.05, 3.63) is 23.3 Å². The molecule has 1 heterocycles. The molecule has 0 saturated carbocycles. The first-order valence-electron chi connectivity index (χ1n) is 5.79. The number of hydrogen-bond acceptors (Lipinski definition) is 4. The highest BCUT2D eigenvalue weighted by atomic mass is 16.6. The van der Waals surface area contributed by atoms with Gasteiger partial charge in [-0.25, -0.2) is 0 Å². The second-order valence-corrected chi connectivity index (χ2v) is 4.23. The predicted molar refractivity (Wildman–Crippen MR) is 63.5 cm³/mol. The van der Waals surface area contributed by atoms with Crippen molar-refractivity contribution in [2.24, 2.45) is 0 Å². The zero-order valence-corrected chi connectivity index (χ0v) is 10.2. The van der Waals surface area contributed by atoms with Crippen LogP contribution < -0.4 is 9.47 Å². The van der Waals surface area contributed by atoms with E-state index in [-0.39, 0.29) is 0 Å². The lowest BCUT2D eigenvalue weighted by Gasteiger charge is -2.24. The zero-order valence-electron chi connectivity index (χ0n) is 10.2. The molecule has 0 radical (unpaired) electrons. The summed E-state index contributed by atoms with van der Waals surface area (Å²) in [7, 11) is 1.65. The molecular formula is C13H18O4. The molecule has 1 unspecified atom stereocenters. The quantitative estimate of drug-likeness (QED) is 0.864. The van der Waals surface area contributed by atoms with Crippen molar-refractivity contribution in [1.82, 2.24) is 0 Å². The fourth-order valence-electron chi connectivity index (χ4n) is 2.00. The zero-order chi connectivity index (χ0) is 12.3. The Morgan fingerprint density at radius 3 is 2.41 bits per heavy atom. The van der Waals surface area contributed by atoms with Gasteiger partial charge in [0.2, 0.25) is 0 Å². The first-order valence-corrected chi connectivity index (χ1v) is 5.79. The van der Waals surface area contributed by atoms with E-state index in [1.165, 1.54) is 0 Å². The largest absolute Gasteiger partial charge is 0.486 e. The summed E-state index contributed by atoms with van der Waals surface area (Å²) < 4.78 is 16.4. The van der Waals surface area contributed by atoms with Crippen LogP contribution in [0.25, 0.3) is 0 Å². The van der Waals surface area contributed by atoms with Gasteiger partial charge in [-0.1, -0.05) is 12.1 Å². The van der Waals surface area contributed by atoms with E-state index in [0.717, 1.165) is 22.6 Å². The van der Waals surface area contributed by atoms with E-state index >= 15 is 0 Å². The second-order valence-electron chi connectivity index (χ2n) is 4.23. The molecule has 1 N–H and O–H groups in total. The fraction of sp³-hybridized carbons (Fsp3) is 0.538. The van der Waals surface area contributed by atoms with Crippen LogP contribution in [0, 0.1) is 0 Å². The number of aliphatic hydroxyl groups is 1. The van der Waals surface area contributed by atoms with Gasteiger partial charge in [0.05, 0.1) is 12.7 Å². The molecule has 17 heavy (non-hydrogen) atoms. The molecule has 1 aromatic rings. The van der Waals surface area contributed by atoms with Gasteiger partial charge in [0, 0.05) is 24.7 Å². The smallest absolute Gasteiger partial charge is 0.167 e. The van der Waals surface area contributed by atoms with Crippen LogP contribution in [0.4, 0.5) is 0 Å². The van der Waals surface area contributed by atoms with E-state index in [2.05, 4.69) is 0 Å². The lowest BCUT2D eigenvalue weighted by atomic mass is 10.0. The van der Waals surface area contributed by atoms with Crippen molar-refractivity contribution in [2.75, 3.05) is 20.3 Å². The molecule has 4 heteroatoms. The van der Waals surface area contributed by atoms with E-state index in [4.69, 9.17) is 14.2 Å². The third-order valence-corrected chi connectivity index (χ3v) is 2.67. The number of hydrogen-bond donors (Lipinski definition) is 1. The Kier molecular flexibility index (Phi) is 3.86. The molecule has 4 nitrogen and oxygen atoms in total. The Balaban J connectivity index is 2.36. The van der Waals surface area contributed by atoms with E-state index in [9.17, 15) is 5.11 Å². The average Bonchev–Trinajstić information content (AvgIpc) is 2.32. The van der Waals surface area contributed by atoms with E-state index in [1.54, 1.807) is 14.0 Å². The third kappa shape index (κ3) is 2.70. The van der Waals surface area contributed by atoms with Crippen molar-refractivity contribution in [3.8, 4) is 11.5 Å². The Morgan fingerprint density at radius 1 is 1.24 bits per heavy atom. The molecule has 0 spiro atoms. The lowest BCUT2D eigenvalue weighted by molar-refractivity contribution is 0.149. The maximum absolute atomic E-state index is 9.46. The van der Waals surface area contributed by atoms with Gasteiger partial charge in [0.25, 0.3) is 0 Å². The molecule has 0 fully saturated rings. The third-order valence-electron chi connectivity index (χ3n) is 2.67. The van der Waals surface area contributed by atoms with Crippen LogP contribution in [0.3, 0.4) is 0 Å². The average molecular weight is 238 g/mol. The van der Waals surface area contributed by atoms with Crippen molar-refractivity contribution in [2.45, 2.75) is 26.1 Å². The summed E-state index contributed by atoms with van der Waals surface area (Å²) >= 11 is 0. The molecule has 1 atom stereocenters. The molecule has 1 aliphatic rings. The minimum atomic E-state index is -0.391. The summed E-state index contributed by atoms with van der Waals surface area (Å²) in [5, 5.41) is 9.46. The summed E-state index contributed by atoms with van der Waals surface area (Å²) in [4.78, 5) is 0. The van der Waals surface area contributed by atoms with E-state index < -0.39 is 6.10 Å². The summed E-state index contributed by atoms with van der Waals surface area (Å²) in [5.41, 5.74) is 1.96. The summed E-state index contributed by atoms with van der Waals surface area (Å²) in [6, 6.07) is 3.93. The van der Waals surface area contributed by atoms with Crippen LogP contribution in [0.2, 0.25) is 0 Å². The Morgan fingerprint density at radius 2 is 1.82 bits per heavy atom. The molecule has 0 aromatic heterocycles. The number of fused-ring (bicyclic) bond motifs is 1. The van der Waals surface area contributed by atoms with Crippen molar-refractivity contribution in [3.63, 3.8) is 0 Å². The standard InChI is InChI=1S/C13H18O4/c1-9(14)7-10-3-4-11(8-15-2)13-12(10)16-5-6-17-13/h3-4,9,14H,5-8H2,1-2H3. The maximum Gasteiger partial charge on any atom is 0.167 e. The van der Waals surface area contributed by atoms with Crippen molar-refractivity contribution in [1.29, 1.82) is 0 Å². The highest BCUT2D eigenvalue weighted by Gasteiger charge is 2.20. The molecule has 94 valence electrons. The van der Waals surface area contributed by atoms with Gasteiger partial charge in [-0.05, 0) is 6.92 Å². The number of aliphatic hydroxyl groups excluding tert-OH is 1. The van der Waals surface area contributed by atoms with E-state index in [0.29, 0.717) is 26.2 Å². The molecular weight excluding hydrogens is 220 g/mol. The predicted octanol–water partition coefficient (Wildman–Crippen LogP) is 1.53. The van der Waals surface area contributed by atoms with Gasteiger partial charge in [0.1, 0.15) is 13.2 Å². The summed E-state index contributed by atoms with van der Waals surface area (Å²) in [6.45, 7) is 3.37. The van der Waals surface area contributed by atoms with Crippen LogP contribution in [0.5, 0.6) is 11.5 Å². The van der Waals surface area contributed by atoms with Crippen LogP contribution in [-0.2, 0) is 17.8 Å². The minimum absolute atomic E-state index is 0.391. The topological polar surface area (TPSA) is 47.9 Å². The second kappa shape index (κ2) is 5.38. The number of ether oxygens (including phenoxy) is 3. The van der Waals surface area contributed by atoms with Gasteiger partial charge in [0.15, 0.2) is 11.5 Å². The summed E-state index contributed by atoms with van der Waals surface area (Å²) in [6.07, 6.45) is 0.178. The number of methoxy groups -OCH3 is 1. The van der Waals surface area contributed by atoms with Gasteiger partial charge in [-0.2, -0.15) is 0 Å². The van der Waals surface area contributed by atoms with Crippen LogP contribution in [-0.4, -0.2) is 31.5 Å². The molecule has 1 aromatic carbocycles. The molecule has 0 saturated heterocycles. The van der Waals surface area contributed by atoms with Gasteiger partial charge in [-0.3, -0.25) is 0 Å². The van der Waals surface area contributed by atoms with Crippen LogP contribution in [0.15, 0.2) is 12.1 Å². The Labute approximate surface area is 101 Å². The lowest BCUT2D eigenvalue weighted by Crippen LogP contribution is -2.19. The van der Waals surface area contributed by atoms with Crippen LogP contribution in [0.1, 0.15) is 18.1 Å². The molecule has 0 amide bonds. The van der Waals surface area contributed by atoms with Crippen molar-refractivity contribution >= 4 is 0 Å². The first-order chi connectivity index (χ1) is 8.22. The maximum atomic E-state index is 9.46. The monoisotopic (exact) mass is 238 g/mol. The normalized spacial score (nSPS) is 15.7. The van der Waals surface area contributed by atoms with Gasteiger partial charge in [-0.15, -0.1) is 0 Å². The van der Waals surface area contributed by atoms with E-state index in [1.807, 2.05) is 12.1 Å². The first kappa shape index (κ1) is 12.2. The molecule has 1 aliphatic heterocycles. The molecule has 0 aliphatic carbocycles. The highest BCUT2D eigenvalue weighted by Crippen LogP contribution is 2.38. The SMILES string of the molecule is COCc1ccc(CC(C)O)c2c1OCCO2. The fourth-order valence-corrected chi connectivity index (χ4v) is 2.00. The molecule has 2 rings (SSSR count). The number of rotatable bonds is 4. The Hall–Kier alpha value is -1.26. The van der Waals surface area contributed by atoms with Crippen molar-refractivity contribution < 1.29 is 19.3 Å². The molecule has 0 bridgehead atoms. The number of benzene rings is 1. The van der Waals surface area contributed by atoms with Crippen LogP contribution >= 0.6 is 0 Å². The minimum Gasteiger partial charge on any atom is -0.486 e. The highest BCUT2D eigenvalue weighted by molar-refractivity contribution is 5.52. The Bertz CT molecular complexity index is 387. The summed E-state index contributed by atoms with van der Waals surface area (Å²) in [5.74, 6) is 1.52.